The third-order valence-electron chi connectivity index (χ3n) is 4.50. The Morgan fingerprint density at radius 3 is 2.81 bits per heavy atom. The molecule has 1 unspecified atom stereocenters. The van der Waals surface area contributed by atoms with Crippen molar-refractivity contribution in [2.75, 3.05) is 45.9 Å². The number of guanidine groups is 1. The van der Waals surface area contributed by atoms with Crippen molar-refractivity contribution in [3.8, 4) is 0 Å². The van der Waals surface area contributed by atoms with Gasteiger partial charge in [-0.2, -0.15) is 5.10 Å². The Morgan fingerprint density at radius 1 is 1.42 bits per heavy atom. The number of hydrogen-bond acceptors (Lipinski definition) is 4. The lowest BCUT2D eigenvalue weighted by molar-refractivity contribution is -0.130. The first-order chi connectivity index (χ1) is 12.6. The van der Waals surface area contributed by atoms with Crippen LogP contribution in [0.25, 0.3) is 0 Å². The van der Waals surface area contributed by atoms with Crippen molar-refractivity contribution in [3.63, 3.8) is 0 Å². The second-order valence-corrected chi connectivity index (χ2v) is 6.30. The van der Waals surface area contributed by atoms with E-state index in [-0.39, 0.29) is 12.0 Å². The van der Waals surface area contributed by atoms with Crippen LogP contribution in [0.2, 0.25) is 0 Å². The van der Waals surface area contributed by atoms with Crippen molar-refractivity contribution in [2.24, 2.45) is 12.0 Å². The van der Waals surface area contributed by atoms with Gasteiger partial charge < -0.3 is 19.9 Å². The van der Waals surface area contributed by atoms with Crippen molar-refractivity contribution in [1.82, 2.24) is 24.9 Å². The quantitative estimate of drug-likeness (QED) is 0.577. The Labute approximate surface area is 156 Å². The van der Waals surface area contributed by atoms with Crippen LogP contribution in [0.1, 0.15) is 38.9 Å². The standard InChI is InChI=1S/C18H32N6O2/c1-5-19-18(20-9-8-17(25)23(6-2)7-3)24-10-11-26-16(14-24)15-12-21-22(4)13-15/h12-13,16H,5-11,14H2,1-4H3,(H,19,20). The van der Waals surface area contributed by atoms with Gasteiger partial charge in [-0.1, -0.05) is 0 Å². The molecule has 1 saturated heterocycles. The lowest BCUT2D eigenvalue weighted by Crippen LogP contribution is -2.48. The molecule has 0 saturated carbocycles. The maximum atomic E-state index is 12.2. The van der Waals surface area contributed by atoms with Crippen LogP contribution < -0.4 is 5.32 Å². The van der Waals surface area contributed by atoms with E-state index < -0.39 is 0 Å². The first kappa shape index (κ1) is 20.2. The number of carbonyl (C=O) groups excluding carboxylic acids is 1. The lowest BCUT2D eigenvalue weighted by atomic mass is 10.1. The number of nitrogens with zero attached hydrogens (tertiary/aromatic N) is 5. The van der Waals surface area contributed by atoms with Crippen molar-refractivity contribution in [1.29, 1.82) is 0 Å². The smallest absolute Gasteiger partial charge is 0.224 e. The maximum absolute atomic E-state index is 12.2. The number of ether oxygens (including phenoxy) is 1. The van der Waals surface area contributed by atoms with Gasteiger partial charge in [0.05, 0.1) is 25.9 Å². The zero-order valence-electron chi connectivity index (χ0n) is 16.4. The largest absolute Gasteiger partial charge is 0.370 e. The average molecular weight is 364 g/mol. The van der Waals surface area contributed by atoms with Crippen LogP contribution in [0.5, 0.6) is 0 Å². The number of nitrogens with one attached hydrogen (secondary N) is 1. The van der Waals surface area contributed by atoms with Gasteiger partial charge in [0.1, 0.15) is 6.10 Å². The number of morpholine rings is 1. The van der Waals surface area contributed by atoms with E-state index in [2.05, 4.69) is 27.2 Å². The van der Waals surface area contributed by atoms with Crippen LogP contribution in [0, 0.1) is 0 Å². The highest BCUT2D eigenvalue weighted by Gasteiger charge is 2.25. The fourth-order valence-corrected chi connectivity index (χ4v) is 3.07. The molecule has 1 amide bonds. The van der Waals surface area contributed by atoms with Gasteiger partial charge >= 0.3 is 0 Å². The van der Waals surface area contributed by atoms with E-state index in [9.17, 15) is 4.79 Å². The molecule has 26 heavy (non-hydrogen) atoms. The third kappa shape index (κ3) is 5.45. The van der Waals surface area contributed by atoms with E-state index in [1.165, 1.54) is 0 Å². The van der Waals surface area contributed by atoms with E-state index in [0.717, 1.165) is 44.2 Å². The van der Waals surface area contributed by atoms with Crippen LogP contribution in [-0.4, -0.2) is 77.3 Å². The molecule has 1 fully saturated rings. The van der Waals surface area contributed by atoms with E-state index in [0.29, 0.717) is 19.6 Å². The topological polar surface area (TPSA) is 75.0 Å². The first-order valence-electron chi connectivity index (χ1n) is 9.50. The molecular weight excluding hydrogens is 332 g/mol. The predicted molar refractivity (Wildman–Crippen MR) is 102 cm³/mol. The van der Waals surface area contributed by atoms with E-state index in [4.69, 9.17) is 4.74 Å². The fourth-order valence-electron chi connectivity index (χ4n) is 3.07. The predicted octanol–water partition coefficient (Wildman–Crippen LogP) is 1.02. The summed E-state index contributed by atoms with van der Waals surface area (Å²) >= 11 is 0. The molecule has 1 aliphatic heterocycles. The van der Waals surface area contributed by atoms with Gasteiger partial charge in [0.2, 0.25) is 5.91 Å². The number of amides is 1. The Bertz CT molecular complexity index is 596. The summed E-state index contributed by atoms with van der Waals surface area (Å²) in [6.07, 6.45) is 4.26. The van der Waals surface area contributed by atoms with E-state index >= 15 is 0 Å². The summed E-state index contributed by atoms with van der Waals surface area (Å²) in [7, 11) is 1.91. The number of aliphatic imine (C=N–C) groups is 1. The lowest BCUT2D eigenvalue weighted by Gasteiger charge is -2.34. The molecule has 0 bridgehead atoms. The van der Waals surface area contributed by atoms with E-state index in [1.807, 2.05) is 38.2 Å². The van der Waals surface area contributed by atoms with Crippen molar-refractivity contribution in [2.45, 2.75) is 33.3 Å². The highest BCUT2D eigenvalue weighted by atomic mass is 16.5. The summed E-state index contributed by atoms with van der Waals surface area (Å²) in [5.41, 5.74) is 1.07. The molecule has 1 aromatic rings. The van der Waals surface area contributed by atoms with E-state index in [1.54, 1.807) is 4.68 Å². The molecule has 8 nitrogen and oxygen atoms in total. The van der Waals surface area contributed by atoms with Gasteiger partial charge in [-0.25, -0.2) is 0 Å². The first-order valence-corrected chi connectivity index (χ1v) is 9.50. The molecule has 1 N–H and O–H groups in total. The van der Waals surface area contributed by atoms with Gasteiger partial charge in [-0.15, -0.1) is 0 Å². The summed E-state index contributed by atoms with van der Waals surface area (Å²) in [6.45, 7) is 11.0. The average Bonchev–Trinajstić information content (AvgIpc) is 3.08. The number of aromatic nitrogens is 2. The highest BCUT2D eigenvalue weighted by molar-refractivity contribution is 5.81. The number of rotatable bonds is 7. The number of hydrogen-bond donors (Lipinski definition) is 1. The van der Waals surface area contributed by atoms with Crippen molar-refractivity contribution in [3.05, 3.63) is 18.0 Å². The second-order valence-electron chi connectivity index (χ2n) is 6.30. The number of carbonyl (C=O) groups is 1. The molecule has 0 aliphatic carbocycles. The summed E-state index contributed by atoms with van der Waals surface area (Å²) in [6, 6.07) is 0. The SMILES string of the molecule is CCNC(=NCCC(=O)N(CC)CC)N1CCOC(c2cnn(C)c2)C1. The molecule has 0 aromatic carbocycles. The Hall–Kier alpha value is -2.09. The molecule has 1 aliphatic rings. The zero-order chi connectivity index (χ0) is 18.9. The summed E-state index contributed by atoms with van der Waals surface area (Å²) < 4.78 is 7.69. The van der Waals surface area contributed by atoms with Crippen molar-refractivity contribution >= 4 is 11.9 Å². The maximum Gasteiger partial charge on any atom is 0.224 e. The van der Waals surface area contributed by atoms with Gasteiger partial charge in [-0.05, 0) is 20.8 Å². The summed E-state index contributed by atoms with van der Waals surface area (Å²) in [5, 5.41) is 7.56. The molecule has 0 spiro atoms. The monoisotopic (exact) mass is 364 g/mol. The molecule has 1 atom stereocenters. The van der Waals surface area contributed by atoms with Gasteiger partial charge in [0.15, 0.2) is 5.96 Å². The molecule has 0 radical (unpaired) electrons. The van der Waals surface area contributed by atoms with Gasteiger partial charge in [0.25, 0.3) is 0 Å². The second kappa shape index (κ2) is 10.2. The van der Waals surface area contributed by atoms with Crippen LogP contribution in [-0.2, 0) is 16.6 Å². The van der Waals surface area contributed by atoms with Crippen LogP contribution in [0.15, 0.2) is 17.4 Å². The highest BCUT2D eigenvalue weighted by Crippen LogP contribution is 2.21. The molecular formula is C18H32N6O2. The number of aryl methyl sites for hydroxylation is 1. The minimum absolute atomic E-state index is 0.0152. The van der Waals surface area contributed by atoms with Gasteiger partial charge in [-0.3, -0.25) is 14.5 Å². The molecule has 146 valence electrons. The minimum Gasteiger partial charge on any atom is -0.370 e. The van der Waals surface area contributed by atoms with Gasteiger partial charge in [0, 0.05) is 51.4 Å². The molecule has 1 aromatic heterocycles. The summed E-state index contributed by atoms with van der Waals surface area (Å²) in [4.78, 5) is 20.9. The third-order valence-corrected chi connectivity index (χ3v) is 4.50. The molecule has 2 rings (SSSR count). The zero-order valence-corrected chi connectivity index (χ0v) is 16.4. The Kier molecular flexibility index (Phi) is 7.90. The van der Waals surface area contributed by atoms with Crippen LogP contribution in [0.3, 0.4) is 0 Å². The minimum atomic E-state index is -0.0152. The molecule has 2 heterocycles. The summed E-state index contributed by atoms with van der Waals surface area (Å²) in [5.74, 6) is 1.00. The van der Waals surface area contributed by atoms with Crippen LogP contribution in [0.4, 0.5) is 0 Å². The normalized spacial score (nSPS) is 18.1. The fraction of sp³-hybridized carbons (Fsp3) is 0.722. The van der Waals surface area contributed by atoms with Crippen LogP contribution >= 0.6 is 0 Å². The van der Waals surface area contributed by atoms with Crippen molar-refractivity contribution < 1.29 is 9.53 Å². The molecule has 8 heteroatoms. The Morgan fingerprint density at radius 2 is 2.19 bits per heavy atom. The Balaban J connectivity index is 1.97.